The van der Waals surface area contributed by atoms with Crippen molar-refractivity contribution in [3.63, 3.8) is 0 Å². The number of benzene rings is 2. The molecule has 0 saturated carbocycles. The van der Waals surface area contributed by atoms with E-state index in [9.17, 15) is 14.5 Å². The lowest BCUT2D eigenvalue weighted by Crippen LogP contribution is -2.12. The smallest absolute Gasteiger partial charge is 0.304 e. The zero-order valence-electron chi connectivity index (χ0n) is 10.5. The summed E-state index contributed by atoms with van der Waals surface area (Å²) in [6.45, 7) is 0.953. The average Bonchev–Trinajstić information content (AvgIpc) is 2.41. The summed E-state index contributed by atoms with van der Waals surface area (Å²) in [4.78, 5) is 9.74. The van der Waals surface area contributed by atoms with E-state index < -0.39 is 16.4 Å². The summed E-state index contributed by atoms with van der Waals surface area (Å²) in [6, 6.07) is 10.6. The van der Waals surface area contributed by atoms with Gasteiger partial charge in [-0.3, -0.25) is 10.1 Å². The zero-order chi connectivity index (χ0) is 14.5. The number of hydrogen-bond donors (Lipinski definition) is 2. The number of nitro benzene ring substituents is 1. The highest BCUT2D eigenvalue weighted by Gasteiger charge is 2.13. The van der Waals surface area contributed by atoms with Crippen LogP contribution in [0, 0.1) is 15.9 Å². The Hall–Kier alpha value is -2.47. The van der Waals surface area contributed by atoms with E-state index in [4.69, 9.17) is 5.11 Å². The molecule has 0 aliphatic carbocycles. The van der Waals surface area contributed by atoms with Crippen LogP contribution in [0.2, 0.25) is 0 Å². The van der Waals surface area contributed by atoms with Crippen molar-refractivity contribution >= 4 is 5.69 Å². The van der Waals surface area contributed by atoms with Crippen LogP contribution < -0.4 is 5.32 Å². The highest BCUT2D eigenvalue weighted by molar-refractivity contribution is 5.35. The molecule has 5 nitrogen and oxygen atoms in total. The standard InChI is InChI=1S/C14H13FN2O3/c15-13-7-11(3-6-14(13)17(19)20)9-16-8-10-1-4-12(18)5-2-10/h1-7,16,18H,8-9H2. The molecule has 0 aromatic heterocycles. The van der Waals surface area contributed by atoms with Crippen molar-refractivity contribution in [3.05, 3.63) is 69.5 Å². The van der Waals surface area contributed by atoms with Crippen LogP contribution in [0.15, 0.2) is 42.5 Å². The minimum absolute atomic E-state index is 0.200. The van der Waals surface area contributed by atoms with Crippen molar-refractivity contribution < 1.29 is 14.4 Å². The first-order valence-corrected chi connectivity index (χ1v) is 5.97. The molecule has 0 radical (unpaired) electrons. The minimum atomic E-state index is -0.834. The van der Waals surface area contributed by atoms with E-state index in [1.54, 1.807) is 24.3 Å². The third-order valence-corrected chi connectivity index (χ3v) is 2.80. The van der Waals surface area contributed by atoms with Crippen LogP contribution >= 0.6 is 0 Å². The largest absolute Gasteiger partial charge is 0.508 e. The van der Waals surface area contributed by atoms with Gasteiger partial charge in [-0.15, -0.1) is 0 Å². The van der Waals surface area contributed by atoms with Gasteiger partial charge in [-0.05, 0) is 29.3 Å². The number of nitrogens with zero attached hydrogens (tertiary/aromatic N) is 1. The number of phenols is 1. The maximum atomic E-state index is 13.4. The Bertz CT molecular complexity index is 614. The van der Waals surface area contributed by atoms with Gasteiger partial charge in [0.15, 0.2) is 0 Å². The molecule has 6 heteroatoms. The fourth-order valence-corrected chi connectivity index (χ4v) is 1.77. The summed E-state index contributed by atoms with van der Waals surface area (Å²) in [7, 11) is 0. The molecule has 104 valence electrons. The van der Waals surface area contributed by atoms with E-state index in [1.807, 2.05) is 0 Å². The van der Waals surface area contributed by atoms with Crippen LogP contribution in [0.25, 0.3) is 0 Å². The molecular formula is C14H13FN2O3. The molecule has 0 spiro atoms. The van der Waals surface area contributed by atoms with Gasteiger partial charge in [-0.1, -0.05) is 18.2 Å². The predicted octanol–water partition coefficient (Wildman–Crippen LogP) is 2.73. The molecule has 2 rings (SSSR count). The Labute approximate surface area is 114 Å². The molecule has 0 bridgehead atoms. The van der Waals surface area contributed by atoms with Gasteiger partial charge in [0, 0.05) is 19.2 Å². The lowest BCUT2D eigenvalue weighted by molar-refractivity contribution is -0.387. The first-order chi connectivity index (χ1) is 9.56. The van der Waals surface area contributed by atoms with Crippen LogP contribution in [0.1, 0.15) is 11.1 Å². The average molecular weight is 276 g/mol. The summed E-state index contributed by atoms with van der Waals surface area (Å²) in [5, 5.41) is 22.7. The van der Waals surface area contributed by atoms with Crippen molar-refractivity contribution in [3.8, 4) is 5.75 Å². The lowest BCUT2D eigenvalue weighted by atomic mass is 10.2. The Morgan fingerprint density at radius 1 is 1.10 bits per heavy atom. The van der Waals surface area contributed by atoms with E-state index >= 15 is 0 Å². The predicted molar refractivity (Wildman–Crippen MR) is 71.7 cm³/mol. The quantitative estimate of drug-likeness (QED) is 0.650. The van der Waals surface area contributed by atoms with Gasteiger partial charge in [0.25, 0.3) is 0 Å². The number of phenolic OH excluding ortho intramolecular Hbond substituents is 1. The number of halogens is 1. The molecule has 0 amide bonds. The van der Waals surface area contributed by atoms with Crippen molar-refractivity contribution in [1.29, 1.82) is 0 Å². The number of nitrogens with one attached hydrogen (secondary N) is 1. The summed E-state index contributed by atoms with van der Waals surface area (Å²) < 4.78 is 13.4. The summed E-state index contributed by atoms with van der Waals surface area (Å²) >= 11 is 0. The number of nitro groups is 1. The van der Waals surface area contributed by atoms with Gasteiger partial charge in [-0.25, -0.2) is 0 Å². The molecule has 2 N–H and O–H groups in total. The minimum Gasteiger partial charge on any atom is -0.508 e. The second-order valence-corrected chi connectivity index (χ2v) is 4.31. The Balaban J connectivity index is 1.92. The van der Waals surface area contributed by atoms with Gasteiger partial charge >= 0.3 is 5.69 Å². The molecule has 0 saturated heterocycles. The van der Waals surface area contributed by atoms with Crippen LogP contribution in [0.3, 0.4) is 0 Å². The molecular weight excluding hydrogens is 263 g/mol. The van der Waals surface area contributed by atoms with Crippen molar-refractivity contribution in [1.82, 2.24) is 5.32 Å². The summed E-state index contributed by atoms with van der Waals surface area (Å²) in [5.74, 6) is -0.634. The number of rotatable bonds is 5. The lowest BCUT2D eigenvalue weighted by Gasteiger charge is -2.05. The highest BCUT2D eigenvalue weighted by Crippen LogP contribution is 2.18. The summed E-state index contributed by atoms with van der Waals surface area (Å²) in [5.41, 5.74) is 1.09. The molecule has 20 heavy (non-hydrogen) atoms. The second kappa shape index (κ2) is 6.12. The fraction of sp³-hybridized carbons (Fsp3) is 0.143. The van der Waals surface area contributed by atoms with Crippen LogP contribution in [0.5, 0.6) is 5.75 Å². The third-order valence-electron chi connectivity index (χ3n) is 2.80. The van der Waals surface area contributed by atoms with E-state index in [1.165, 1.54) is 6.07 Å². The van der Waals surface area contributed by atoms with Crippen molar-refractivity contribution in [2.75, 3.05) is 0 Å². The normalized spacial score (nSPS) is 10.4. The Morgan fingerprint density at radius 3 is 2.30 bits per heavy atom. The van der Waals surface area contributed by atoms with Gasteiger partial charge in [0.05, 0.1) is 4.92 Å². The van der Waals surface area contributed by atoms with Gasteiger partial charge in [0.1, 0.15) is 5.75 Å². The molecule has 0 fully saturated rings. The van der Waals surface area contributed by atoms with Crippen molar-refractivity contribution in [2.24, 2.45) is 0 Å². The number of aromatic hydroxyl groups is 1. The molecule has 2 aromatic carbocycles. The second-order valence-electron chi connectivity index (χ2n) is 4.31. The van der Waals surface area contributed by atoms with Gasteiger partial charge in [-0.2, -0.15) is 4.39 Å². The molecule has 0 heterocycles. The molecule has 0 atom stereocenters. The Kier molecular flexibility index (Phi) is 4.27. The molecule has 2 aromatic rings. The summed E-state index contributed by atoms with van der Waals surface area (Å²) in [6.07, 6.45) is 0. The van der Waals surface area contributed by atoms with Gasteiger partial charge in [0.2, 0.25) is 5.82 Å². The topological polar surface area (TPSA) is 75.4 Å². The van der Waals surface area contributed by atoms with E-state index in [-0.39, 0.29) is 5.75 Å². The third kappa shape index (κ3) is 3.52. The van der Waals surface area contributed by atoms with E-state index in [0.29, 0.717) is 18.7 Å². The van der Waals surface area contributed by atoms with Crippen LogP contribution in [-0.2, 0) is 13.1 Å². The fourth-order valence-electron chi connectivity index (χ4n) is 1.77. The maximum Gasteiger partial charge on any atom is 0.304 e. The first kappa shape index (κ1) is 14.0. The Morgan fingerprint density at radius 2 is 1.70 bits per heavy atom. The maximum absolute atomic E-state index is 13.4. The molecule has 0 unspecified atom stereocenters. The monoisotopic (exact) mass is 276 g/mol. The molecule has 0 aliphatic rings. The SMILES string of the molecule is O=[N+]([O-])c1ccc(CNCc2ccc(O)cc2)cc1F. The highest BCUT2D eigenvalue weighted by atomic mass is 19.1. The van der Waals surface area contributed by atoms with E-state index in [2.05, 4.69) is 5.32 Å². The number of hydrogen-bond acceptors (Lipinski definition) is 4. The van der Waals surface area contributed by atoms with Crippen molar-refractivity contribution in [2.45, 2.75) is 13.1 Å². The van der Waals surface area contributed by atoms with Crippen LogP contribution in [0.4, 0.5) is 10.1 Å². The van der Waals surface area contributed by atoms with Crippen LogP contribution in [-0.4, -0.2) is 10.0 Å². The first-order valence-electron chi connectivity index (χ1n) is 5.97. The van der Waals surface area contributed by atoms with Gasteiger partial charge < -0.3 is 10.4 Å². The van der Waals surface area contributed by atoms with E-state index in [0.717, 1.165) is 17.7 Å². The zero-order valence-corrected chi connectivity index (χ0v) is 10.5. The molecule has 0 aliphatic heterocycles.